The van der Waals surface area contributed by atoms with Gasteiger partial charge in [-0.15, -0.1) is 0 Å². The van der Waals surface area contributed by atoms with Crippen LogP contribution in [0, 0.1) is 5.82 Å². The summed E-state index contributed by atoms with van der Waals surface area (Å²) in [5, 5.41) is 9.96. The molecule has 0 radical (unpaired) electrons. The third-order valence-corrected chi connectivity index (χ3v) is 2.72. The van der Waals surface area contributed by atoms with E-state index in [1.807, 2.05) is 0 Å². The number of hydrogen-bond donors (Lipinski definition) is 1. The van der Waals surface area contributed by atoms with E-state index in [0.29, 0.717) is 5.75 Å². The van der Waals surface area contributed by atoms with Gasteiger partial charge in [0, 0.05) is 0 Å². The molecule has 0 aliphatic rings. The van der Waals surface area contributed by atoms with E-state index in [2.05, 4.69) is 0 Å². The zero-order valence-electron chi connectivity index (χ0n) is 10.5. The van der Waals surface area contributed by atoms with Crippen LogP contribution < -0.4 is 9.47 Å². The quantitative estimate of drug-likeness (QED) is 0.900. The van der Waals surface area contributed by atoms with E-state index in [-0.39, 0.29) is 12.4 Å². The number of aliphatic hydroxyl groups excluding tert-OH is 1. The molecular formula is C15H15FO3. The molecular weight excluding hydrogens is 247 g/mol. The van der Waals surface area contributed by atoms with Crippen LogP contribution in [0.15, 0.2) is 48.5 Å². The summed E-state index contributed by atoms with van der Waals surface area (Å²) in [4.78, 5) is 0. The van der Waals surface area contributed by atoms with E-state index in [0.717, 1.165) is 11.3 Å². The van der Waals surface area contributed by atoms with Gasteiger partial charge in [0.25, 0.3) is 0 Å². The Labute approximate surface area is 111 Å². The number of rotatable bonds is 5. The minimum absolute atomic E-state index is 0.109. The van der Waals surface area contributed by atoms with Crippen LogP contribution in [-0.4, -0.2) is 18.8 Å². The normalized spacial score (nSPS) is 11.9. The molecule has 0 aliphatic heterocycles. The van der Waals surface area contributed by atoms with Crippen LogP contribution in [0.4, 0.5) is 4.39 Å². The lowest BCUT2D eigenvalue weighted by Crippen LogP contribution is -2.09. The Kier molecular flexibility index (Phi) is 4.36. The summed E-state index contributed by atoms with van der Waals surface area (Å²) < 4.78 is 23.1. The topological polar surface area (TPSA) is 38.7 Å². The van der Waals surface area contributed by atoms with Crippen molar-refractivity contribution in [1.29, 1.82) is 0 Å². The minimum Gasteiger partial charge on any atom is -0.497 e. The van der Waals surface area contributed by atoms with Crippen LogP contribution in [0.5, 0.6) is 11.5 Å². The zero-order valence-corrected chi connectivity index (χ0v) is 10.5. The molecule has 0 amide bonds. The third kappa shape index (κ3) is 3.69. The lowest BCUT2D eigenvalue weighted by Gasteiger charge is -2.13. The average Bonchev–Trinajstić information content (AvgIpc) is 2.46. The largest absolute Gasteiger partial charge is 0.497 e. The van der Waals surface area contributed by atoms with E-state index < -0.39 is 6.10 Å². The van der Waals surface area contributed by atoms with Gasteiger partial charge in [-0.25, -0.2) is 4.39 Å². The Morgan fingerprint density at radius 3 is 2.16 bits per heavy atom. The molecule has 3 nitrogen and oxygen atoms in total. The van der Waals surface area contributed by atoms with Gasteiger partial charge in [0.15, 0.2) is 0 Å². The Bertz CT molecular complexity index is 508. The first-order valence-corrected chi connectivity index (χ1v) is 5.89. The fourth-order valence-corrected chi connectivity index (χ4v) is 1.63. The zero-order chi connectivity index (χ0) is 13.7. The lowest BCUT2D eigenvalue weighted by molar-refractivity contribution is 0.108. The summed E-state index contributed by atoms with van der Waals surface area (Å²) in [7, 11) is 1.59. The maximum atomic E-state index is 12.7. The summed E-state index contributed by atoms with van der Waals surface area (Å²) >= 11 is 0. The standard InChI is InChI=1S/C15H15FO3/c1-18-13-6-2-11(3-7-13)15(17)10-19-14-8-4-12(16)5-9-14/h2-9,15,17H,10H2,1H3. The van der Waals surface area contributed by atoms with Crippen LogP contribution >= 0.6 is 0 Å². The lowest BCUT2D eigenvalue weighted by atomic mass is 10.1. The van der Waals surface area contributed by atoms with Crippen molar-refractivity contribution in [3.05, 3.63) is 59.9 Å². The molecule has 1 unspecified atom stereocenters. The van der Waals surface area contributed by atoms with E-state index in [9.17, 15) is 9.50 Å². The molecule has 19 heavy (non-hydrogen) atoms. The molecule has 0 saturated carbocycles. The molecule has 0 spiro atoms. The summed E-state index contributed by atoms with van der Waals surface area (Å²) in [5.74, 6) is 0.937. The van der Waals surface area contributed by atoms with Crippen LogP contribution in [0.25, 0.3) is 0 Å². The van der Waals surface area contributed by atoms with E-state index in [1.165, 1.54) is 24.3 Å². The number of ether oxygens (including phenoxy) is 2. The fourth-order valence-electron chi connectivity index (χ4n) is 1.63. The second-order valence-corrected chi connectivity index (χ2v) is 4.05. The smallest absolute Gasteiger partial charge is 0.123 e. The summed E-state index contributed by atoms with van der Waals surface area (Å²) in [6.07, 6.45) is -0.740. The Hall–Kier alpha value is -2.07. The van der Waals surface area contributed by atoms with Crippen LogP contribution in [0.1, 0.15) is 11.7 Å². The molecule has 2 aromatic carbocycles. The first-order valence-electron chi connectivity index (χ1n) is 5.89. The van der Waals surface area contributed by atoms with Crippen molar-refractivity contribution in [3.8, 4) is 11.5 Å². The average molecular weight is 262 g/mol. The van der Waals surface area contributed by atoms with E-state index in [1.54, 1.807) is 31.4 Å². The highest BCUT2D eigenvalue weighted by molar-refractivity contribution is 5.28. The van der Waals surface area contributed by atoms with Crippen LogP contribution in [0.3, 0.4) is 0 Å². The van der Waals surface area contributed by atoms with Gasteiger partial charge in [-0.3, -0.25) is 0 Å². The van der Waals surface area contributed by atoms with Crippen molar-refractivity contribution >= 4 is 0 Å². The molecule has 0 aromatic heterocycles. The monoisotopic (exact) mass is 262 g/mol. The van der Waals surface area contributed by atoms with Gasteiger partial charge in [0.1, 0.15) is 30.0 Å². The second-order valence-electron chi connectivity index (χ2n) is 4.05. The summed E-state index contributed by atoms with van der Waals surface area (Å²) in [5.41, 5.74) is 0.739. The van der Waals surface area contributed by atoms with E-state index >= 15 is 0 Å². The predicted molar refractivity (Wildman–Crippen MR) is 69.8 cm³/mol. The molecule has 2 rings (SSSR count). The molecule has 1 atom stereocenters. The highest BCUT2D eigenvalue weighted by atomic mass is 19.1. The first-order chi connectivity index (χ1) is 9.19. The molecule has 2 aromatic rings. The number of methoxy groups -OCH3 is 1. The molecule has 0 heterocycles. The van der Waals surface area contributed by atoms with Gasteiger partial charge in [-0.2, -0.15) is 0 Å². The molecule has 0 fully saturated rings. The van der Waals surface area contributed by atoms with Gasteiger partial charge < -0.3 is 14.6 Å². The van der Waals surface area contributed by atoms with E-state index in [4.69, 9.17) is 9.47 Å². The van der Waals surface area contributed by atoms with Crippen molar-refractivity contribution in [2.75, 3.05) is 13.7 Å². The maximum absolute atomic E-state index is 12.7. The first kappa shape index (κ1) is 13.4. The number of benzene rings is 2. The molecule has 0 saturated heterocycles. The Morgan fingerprint density at radius 1 is 1.00 bits per heavy atom. The van der Waals surface area contributed by atoms with Gasteiger partial charge in [0.05, 0.1) is 7.11 Å². The summed E-state index contributed by atoms with van der Waals surface area (Å²) in [6, 6.07) is 12.8. The van der Waals surface area contributed by atoms with Crippen LogP contribution in [-0.2, 0) is 0 Å². The molecule has 1 N–H and O–H groups in total. The fraction of sp³-hybridized carbons (Fsp3) is 0.200. The molecule has 0 bridgehead atoms. The maximum Gasteiger partial charge on any atom is 0.123 e. The van der Waals surface area contributed by atoms with Crippen molar-refractivity contribution in [1.82, 2.24) is 0 Å². The van der Waals surface area contributed by atoms with Crippen molar-refractivity contribution in [2.24, 2.45) is 0 Å². The Morgan fingerprint density at radius 2 is 1.58 bits per heavy atom. The highest BCUT2D eigenvalue weighted by Crippen LogP contribution is 2.19. The molecule has 4 heteroatoms. The van der Waals surface area contributed by atoms with Crippen molar-refractivity contribution in [2.45, 2.75) is 6.10 Å². The number of aliphatic hydroxyl groups is 1. The summed E-state index contributed by atoms with van der Waals surface area (Å²) in [6.45, 7) is 0.109. The highest BCUT2D eigenvalue weighted by Gasteiger charge is 2.08. The second kappa shape index (κ2) is 6.20. The number of halogens is 1. The van der Waals surface area contributed by atoms with Gasteiger partial charge in [-0.1, -0.05) is 12.1 Å². The van der Waals surface area contributed by atoms with Crippen molar-refractivity contribution in [3.63, 3.8) is 0 Å². The molecule has 0 aliphatic carbocycles. The van der Waals surface area contributed by atoms with Gasteiger partial charge >= 0.3 is 0 Å². The predicted octanol–water partition coefficient (Wildman–Crippen LogP) is 2.95. The van der Waals surface area contributed by atoms with Crippen LogP contribution in [0.2, 0.25) is 0 Å². The van der Waals surface area contributed by atoms with Gasteiger partial charge in [0.2, 0.25) is 0 Å². The number of hydrogen-bond acceptors (Lipinski definition) is 3. The minimum atomic E-state index is -0.740. The third-order valence-electron chi connectivity index (χ3n) is 2.72. The SMILES string of the molecule is COc1ccc(C(O)COc2ccc(F)cc2)cc1. The molecule has 100 valence electrons. The van der Waals surface area contributed by atoms with Gasteiger partial charge in [-0.05, 0) is 42.0 Å². The Balaban J connectivity index is 1.93. The van der Waals surface area contributed by atoms with Crippen molar-refractivity contribution < 1.29 is 19.0 Å².